The molecular weight excluding hydrogens is 330 g/mol. The molecule has 6 nitrogen and oxygen atoms in total. The van der Waals surface area contributed by atoms with Gasteiger partial charge in [-0.05, 0) is 37.0 Å². The Morgan fingerprint density at radius 2 is 1.92 bits per heavy atom. The highest BCUT2D eigenvalue weighted by atomic mass is 32.2. The fourth-order valence-corrected chi connectivity index (χ4v) is 4.44. The van der Waals surface area contributed by atoms with Crippen LogP contribution in [0.2, 0.25) is 0 Å². The molecule has 2 rings (SSSR count). The van der Waals surface area contributed by atoms with Gasteiger partial charge in [-0.1, -0.05) is 31.9 Å². The first kappa shape index (κ1) is 18.9. The molecule has 1 aromatic rings. The van der Waals surface area contributed by atoms with E-state index in [1.807, 2.05) is 12.1 Å². The normalized spacial score (nSPS) is 22.4. The molecule has 1 heterocycles. The van der Waals surface area contributed by atoms with Gasteiger partial charge in [0.25, 0.3) is 0 Å². The first-order valence-electron chi connectivity index (χ1n) is 8.36. The molecule has 2 atom stereocenters. The van der Waals surface area contributed by atoms with Crippen LogP contribution in [0.4, 0.5) is 0 Å². The third-order valence-electron chi connectivity index (χ3n) is 4.49. The van der Waals surface area contributed by atoms with Crippen molar-refractivity contribution in [3.63, 3.8) is 0 Å². The minimum absolute atomic E-state index is 0.106. The predicted molar refractivity (Wildman–Crippen MR) is 90.2 cm³/mol. The summed E-state index contributed by atoms with van der Waals surface area (Å²) < 4.78 is 26.5. The molecule has 7 heteroatoms. The van der Waals surface area contributed by atoms with Gasteiger partial charge >= 0.3 is 5.97 Å². The zero-order valence-corrected chi connectivity index (χ0v) is 14.7. The second kappa shape index (κ2) is 8.09. The molecule has 1 aliphatic heterocycles. The number of aliphatic hydroxyl groups is 1. The predicted octanol–water partition coefficient (Wildman–Crippen LogP) is 1.88. The van der Waals surface area contributed by atoms with Crippen molar-refractivity contribution < 1.29 is 23.4 Å². The van der Waals surface area contributed by atoms with Crippen molar-refractivity contribution in [1.82, 2.24) is 4.31 Å². The molecule has 0 radical (unpaired) electrons. The standard InChI is InChI=1S/C17H25NO5S/c1-2-3-4-5-13-6-8-14(9-7-13)24(22,23)18-11-10-15(17(20)21)16(19)12-18/h6-9,15-16,19H,2-5,10-12H2,1H3,(H,20,21). The van der Waals surface area contributed by atoms with Gasteiger partial charge in [0.05, 0.1) is 16.9 Å². The smallest absolute Gasteiger partial charge is 0.309 e. The van der Waals surface area contributed by atoms with Crippen molar-refractivity contribution in [2.75, 3.05) is 13.1 Å². The van der Waals surface area contributed by atoms with E-state index in [0.717, 1.165) is 31.2 Å². The fraction of sp³-hybridized carbons (Fsp3) is 0.588. The van der Waals surface area contributed by atoms with Crippen LogP contribution in [-0.2, 0) is 21.2 Å². The molecule has 0 amide bonds. The van der Waals surface area contributed by atoms with E-state index in [4.69, 9.17) is 5.11 Å². The highest BCUT2D eigenvalue weighted by molar-refractivity contribution is 7.89. The van der Waals surface area contributed by atoms with Gasteiger partial charge < -0.3 is 10.2 Å². The Labute approximate surface area is 143 Å². The molecule has 1 aromatic carbocycles. The molecule has 24 heavy (non-hydrogen) atoms. The third-order valence-corrected chi connectivity index (χ3v) is 6.37. The summed E-state index contributed by atoms with van der Waals surface area (Å²) >= 11 is 0. The molecule has 1 fully saturated rings. The van der Waals surface area contributed by atoms with Crippen LogP contribution in [-0.4, -0.2) is 48.1 Å². The molecule has 2 N–H and O–H groups in total. The Hall–Kier alpha value is -1.44. The number of β-amino-alcohol motifs (C(OH)–C–C–N with tert-alkyl or cyclic N) is 1. The number of nitrogens with zero attached hydrogens (tertiary/aromatic N) is 1. The van der Waals surface area contributed by atoms with Gasteiger partial charge in [-0.3, -0.25) is 4.79 Å². The van der Waals surface area contributed by atoms with E-state index in [1.54, 1.807) is 12.1 Å². The number of aliphatic carboxylic acids is 1. The van der Waals surface area contributed by atoms with Crippen LogP contribution < -0.4 is 0 Å². The number of rotatable bonds is 7. The molecule has 0 bridgehead atoms. The highest BCUT2D eigenvalue weighted by Gasteiger charge is 2.37. The largest absolute Gasteiger partial charge is 0.481 e. The molecule has 0 saturated carbocycles. The Balaban J connectivity index is 2.06. The highest BCUT2D eigenvalue weighted by Crippen LogP contribution is 2.24. The Morgan fingerprint density at radius 3 is 2.46 bits per heavy atom. The first-order chi connectivity index (χ1) is 11.4. The Morgan fingerprint density at radius 1 is 1.25 bits per heavy atom. The van der Waals surface area contributed by atoms with Crippen LogP contribution in [0, 0.1) is 5.92 Å². The molecule has 1 aliphatic rings. The lowest BCUT2D eigenvalue weighted by atomic mass is 9.95. The van der Waals surface area contributed by atoms with Crippen LogP contribution in [0.1, 0.15) is 38.2 Å². The van der Waals surface area contributed by atoms with E-state index in [2.05, 4.69) is 6.92 Å². The summed E-state index contributed by atoms with van der Waals surface area (Å²) in [5, 5.41) is 18.9. The number of aliphatic hydroxyl groups excluding tert-OH is 1. The zero-order valence-electron chi connectivity index (χ0n) is 13.9. The molecule has 0 aliphatic carbocycles. The summed E-state index contributed by atoms with van der Waals surface area (Å²) in [4.78, 5) is 11.2. The lowest BCUT2D eigenvalue weighted by molar-refractivity contribution is -0.147. The van der Waals surface area contributed by atoms with Crippen molar-refractivity contribution in [2.45, 2.75) is 50.0 Å². The summed E-state index contributed by atoms with van der Waals surface area (Å²) in [6, 6.07) is 6.82. The lowest BCUT2D eigenvalue weighted by Gasteiger charge is -2.33. The summed E-state index contributed by atoms with van der Waals surface area (Å²) in [7, 11) is -3.71. The lowest BCUT2D eigenvalue weighted by Crippen LogP contribution is -2.48. The van der Waals surface area contributed by atoms with E-state index >= 15 is 0 Å². The molecule has 0 aromatic heterocycles. The van der Waals surface area contributed by atoms with Crippen molar-refractivity contribution in [3.8, 4) is 0 Å². The van der Waals surface area contributed by atoms with Gasteiger partial charge in [0.1, 0.15) is 0 Å². The van der Waals surface area contributed by atoms with Crippen LogP contribution in [0.5, 0.6) is 0 Å². The number of carboxylic acid groups (broad SMARTS) is 1. The molecule has 134 valence electrons. The second-order valence-corrected chi connectivity index (χ2v) is 8.20. The van der Waals surface area contributed by atoms with Gasteiger partial charge in [-0.25, -0.2) is 8.42 Å². The van der Waals surface area contributed by atoms with Gasteiger partial charge in [-0.15, -0.1) is 0 Å². The number of aryl methyl sites for hydroxylation is 1. The number of hydrogen-bond donors (Lipinski definition) is 2. The van der Waals surface area contributed by atoms with E-state index < -0.39 is 28.0 Å². The zero-order chi connectivity index (χ0) is 17.7. The van der Waals surface area contributed by atoms with Gasteiger partial charge in [-0.2, -0.15) is 4.31 Å². The Bertz CT molecular complexity index is 656. The number of sulfonamides is 1. The SMILES string of the molecule is CCCCCc1ccc(S(=O)(=O)N2CCC(C(=O)O)C(O)C2)cc1. The van der Waals surface area contributed by atoms with Crippen LogP contribution in [0.15, 0.2) is 29.2 Å². The number of carbonyl (C=O) groups is 1. The van der Waals surface area contributed by atoms with Gasteiger partial charge in [0.15, 0.2) is 0 Å². The average molecular weight is 355 g/mol. The number of hydrogen-bond acceptors (Lipinski definition) is 4. The summed E-state index contributed by atoms with van der Waals surface area (Å²) in [6.45, 7) is 2.06. The average Bonchev–Trinajstić information content (AvgIpc) is 2.55. The maximum Gasteiger partial charge on any atom is 0.309 e. The van der Waals surface area contributed by atoms with Crippen LogP contribution in [0.25, 0.3) is 0 Å². The minimum atomic E-state index is -3.71. The maximum absolute atomic E-state index is 12.6. The van der Waals surface area contributed by atoms with E-state index in [9.17, 15) is 18.3 Å². The Kier molecular flexibility index (Phi) is 6.37. The van der Waals surface area contributed by atoms with Crippen molar-refractivity contribution >= 4 is 16.0 Å². The minimum Gasteiger partial charge on any atom is -0.481 e. The number of benzene rings is 1. The third kappa shape index (κ3) is 4.34. The van der Waals surface area contributed by atoms with Crippen LogP contribution in [0.3, 0.4) is 0 Å². The summed E-state index contributed by atoms with van der Waals surface area (Å²) in [6.07, 6.45) is 3.23. The summed E-state index contributed by atoms with van der Waals surface area (Å²) in [5.41, 5.74) is 1.10. The summed E-state index contributed by atoms with van der Waals surface area (Å²) in [5.74, 6) is -1.99. The van der Waals surface area contributed by atoms with E-state index in [1.165, 1.54) is 4.31 Å². The van der Waals surface area contributed by atoms with E-state index in [-0.39, 0.29) is 24.4 Å². The second-order valence-electron chi connectivity index (χ2n) is 6.26. The van der Waals surface area contributed by atoms with Crippen LogP contribution >= 0.6 is 0 Å². The van der Waals surface area contributed by atoms with Gasteiger partial charge in [0.2, 0.25) is 10.0 Å². The quantitative estimate of drug-likeness (QED) is 0.728. The number of carboxylic acids is 1. The molecular formula is C17H25NO5S. The van der Waals surface area contributed by atoms with Crippen molar-refractivity contribution in [2.24, 2.45) is 5.92 Å². The topological polar surface area (TPSA) is 94.9 Å². The molecule has 2 unspecified atom stereocenters. The van der Waals surface area contributed by atoms with Gasteiger partial charge in [0, 0.05) is 13.1 Å². The maximum atomic E-state index is 12.6. The number of piperidine rings is 1. The first-order valence-corrected chi connectivity index (χ1v) is 9.80. The molecule has 1 saturated heterocycles. The monoisotopic (exact) mass is 355 g/mol. The van der Waals surface area contributed by atoms with E-state index in [0.29, 0.717) is 0 Å². The number of unbranched alkanes of at least 4 members (excludes halogenated alkanes) is 2. The van der Waals surface area contributed by atoms with Crippen molar-refractivity contribution in [1.29, 1.82) is 0 Å². The van der Waals surface area contributed by atoms with Crippen molar-refractivity contribution in [3.05, 3.63) is 29.8 Å². The molecule has 0 spiro atoms. The fourth-order valence-electron chi connectivity index (χ4n) is 2.97.